The van der Waals surface area contributed by atoms with Crippen molar-refractivity contribution in [3.63, 3.8) is 0 Å². The van der Waals surface area contributed by atoms with Gasteiger partial charge in [0.1, 0.15) is 0 Å². The molecule has 1 atom stereocenters. The molecular formula is C29H35N3O2. The smallest absolute Gasteiger partial charge is 0.163 e. The van der Waals surface area contributed by atoms with Crippen LogP contribution in [0.5, 0.6) is 11.5 Å². The maximum absolute atomic E-state index is 6.41. The number of piperazine rings is 1. The molecule has 3 aromatic rings. The number of pyridine rings is 1. The fraction of sp³-hybridized carbons (Fsp3) is 0.414. The summed E-state index contributed by atoms with van der Waals surface area (Å²) < 4.78 is 12.1. The van der Waals surface area contributed by atoms with Gasteiger partial charge < -0.3 is 14.4 Å². The average Bonchev–Trinajstić information content (AvgIpc) is 3.39. The summed E-state index contributed by atoms with van der Waals surface area (Å²) in [5, 5.41) is 0. The third kappa shape index (κ3) is 5.53. The number of anilines is 1. The van der Waals surface area contributed by atoms with Crippen LogP contribution in [0.1, 0.15) is 36.9 Å². The number of benzene rings is 2. The van der Waals surface area contributed by atoms with Crippen LogP contribution in [0.4, 0.5) is 5.69 Å². The predicted octanol–water partition coefficient (Wildman–Crippen LogP) is 5.35. The number of aromatic nitrogens is 1. The number of rotatable bonds is 8. The van der Waals surface area contributed by atoms with E-state index in [1.54, 1.807) is 7.11 Å². The second kappa shape index (κ2) is 10.9. The highest BCUT2D eigenvalue weighted by atomic mass is 16.5. The minimum absolute atomic E-state index is 0.305. The van der Waals surface area contributed by atoms with Crippen LogP contribution in [0, 0.1) is 0 Å². The second-order valence-corrected chi connectivity index (χ2v) is 9.45. The van der Waals surface area contributed by atoms with Gasteiger partial charge >= 0.3 is 0 Å². The van der Waals surface area contributed by atoms with Crippen LogP contribution >= 0.6 is 0 Å². The van der Waals surface area contributed by atoms with E-state index in [2.05, 4.69) is 75.4 Å². The Kier molecular flexibility index (Phi) is 7.30. The zero-order valence-electron chi connectivity index (χ0n) is 20.1. The summed E-state index contributed by atoms with van der Waals surface area (Å²) >= 11 is 0. The quantitative estimate of drug-likeness (QED) is 0.456. The zero-order valence-corrected chi connectivity index (χ0v) is 20.1. The van der Waals surface area contributed by atoms with E-state index in [4.69, 9.17) is 9.47 Å². The van der Waals surface area contributed by atoms with E-state index in [1.807, 2.05) is 12.3 Å². The molecule has 2 aliphatic rings. The largest absolute Gasteiger partial charge is 0.493 e. The van der Waals surface area contributed by atoms with Crippen molar-refractivity contribution in [3.05, 3.63) is 84.2 Å². The van der Waals surface area contributed by atoms with Crippen molar-refractivity contribution in [3.8, 4) is 11.5 Å². The summed E-state index contributed by atoms with van der Waals surface area (Å²) in [4.78, 5) is 9.64. The standard InChI is InChI=1S/C29H35N3O2/c1-33-28-15-14-25(20-29(28)34-27-12-5-6-13-27)32-18-17-31(21-24-11-7-8-16-30-24)22-26(32)19-23-9-3-2-4-10-23/h2-4,7-11,14-16,20,26-27H,5-6,12-13,17-19,21-22H2,1H3. The molecule has 5 nitrogen and oxygen atoms in total. The van der Waals surface area contributed by atoms with Crippen molar-refractivity contribution >= 4 is 5.69 Å². The number of hydrogen-bond acceptors (Lipinski definition) is 5. The van der Waals surface area contributed by atoms with Crippen LogP contribution in [0.3, 0.4) is 0 Å². The van der Waals surface area contributed by atoms with Gasteiger partial charge in [-0.25, -0.2) is 0 Å². The van der Waals surface area contributed by atoms with Crippen molar-refractivity contribution < 1.29 is 9.47 Å². The van der Waals surface area contributed by atoms with E-state index in [0.717, 1.165) is 62.6 Å². The van der Waals surface area contributed by atoms with Gasteiger partial charge in [-0.15, -0.1) is 0 Å². The van der Waals surface area contributed by atoms with E-state index in [9.17, 15) is 0 Å². The first kappa shape index (κ1) is 22.7. The van der Waals surface area contributed by atoms with E-state index < -0.39 is 0 Å². The minimum Gasteiger partial charge on any atom is -0.493 e. The Balaban J connectivity index is 1.38. The predicted molar refractivity (Wildman–Crippen MR) is 137 cm³/mol. The first-order valence-corrected chi connectivity index (χ1v) is 12.6. The summed E-state index contributed by atoms with van der Waals surface area (Å²) in [5.74, 6) is 1.70. The average molecular weight is 458 g/mol. The summed E-state index contributed by atoms with van der Waals surface area (Å²) in [5.41, 5.74) is 3.71. The molecule has 1 saturated carbocycles. The maximum atomic E-state index is 6.41. The van der Waals surface area contributed by atoms with Crippen LogP contribution in [0.2, 0.25) is 0 Å². The number of methoxy groups -OCH3 is 1. The molecule has 0 amide bonds. The van der Waals surface area contributed by atoms with E-state index in [0.29, 0.717) is 12.1 Å². The molecule has 2 aromatic carbocycles. The molecule has 1 saturated heterocycles. The molecule has 5 heteroatoms. The van der Waals surface area contributed by atoms with Gasteiger partial charge in [-0.2, -0.15) is 0 Å². The van der Waals surface area contributed by atoms with Gasteiger partial charge in [0.15, 0.2) is 11.5 Å². The Bertz CT molecular complexity index is 1040. The Morgan fingerprint density at radius 3 is 2.50 bits per heavy atom. The molecule has 1 aromatic heterocycles. The van der Waals surface area contributed by atoms with Crippen molar-refractivity contribution in [1.29, 1.82) is 0 Å². The first-order chi connectivity index (χ1) is 16.8. The molecule has 1 aliphatic heterocycles. The van der Waals surface area contributed by atoms with Crippen LogP contribution in [-0.2, 0) is 13.0 Å². The van der Waals surface area contributed by atoms with Crippen LogP contribution in [-0.4, -0.2) is 48.8 Å². The molecule has 0 spiro atoms. The molecule has 2 heterocycles. The summed E-state index contributed by atoms with van der Waals surface area (Å²) in [6, 6.07) is 23.8. The lowest BCUT2D eigenvalue weighted by molar-refractivity contribution is 0.200. The Labute approximate surface area is 203 Å². The normalized spacial score (nSPS) is 19.3. The molecule has 34 heavy (non-hydrogen) atoms. The second-order valence-electron chi connectivity index (χ2n) is 9.45. The Hall–Kier alpha value is -3.05. The Morgan fingerprint density at radius 1 is 0.912 bits per heavy atom. The summed E-state index contributed by atoms with van der Waals surface area (Å²) in [7, 11) is 1.73. The molecule has 178 valence electrons. The highest BCUT2D eigenvalue weighted by Crippen LogP contribution is 2.36. The Morgan fingerprint density at radius 2 is 1.74 bits per heavy atom. The zero-order chi connectivity index (χ0) is 23.2. The van der Waals surface area contributed by atoms with E-state index in [-0.39, 0.29) is 0 Å². The molecule has 5 rings (SSSR count). The SMILES string of the molecule is COc1ccc(N2CCN(Cc3ccccn3)CC2Cc2ccccc2)cc1OC1CCCC1. The number of hydrogen-bond donors (Lipinski definition) is 0. The maximum Gasteiger partial charge on any atom is 0.163 e. The third-order valence-corrected chi connectivity index (χ3v) is 7.07. The van der Waals surface area contributed by atoms with Crippen LogP contribution < -0.4 is 14.4 Å². The van der Waals surface area contributed by atoms with Gasteiger partial charge in [0.2, 0.25) is 0 Å². The molecule has 1 unspecified atom stereocenters. The monoisotopic (exact) mass is 457 g/mol. The van der Waals surface area contributed by atoms with Gasteiger partial charge in [-0.05, 0) is 61.9 Å². The van der Waals surface area contributed by atoms with Gasteiger partial charge in [-0.3, -0.25) is 9.88 Å². The fourth-order valence-electron chi connectivity index (χ4n) is 5.31. The molecule has 0 bridgehead atoms. The molecular weight excluding hydrogens is 422 g/mol. The lowest BCUT2D eigenvalue weighted by Crippen LogP contribution is -2.54. The van der Waals surface area contributed by atoms with Gasteiger partial charge in [0.25, 0.3) is 0 Å². The first-order valence-electron chi connectivity index (χ1n) is 12.6. The number of nitrogens with zero attached hydrogens (tertiary/aromatic N) is 3. The highest BCUT2D eigenvalue weighted by molar-refractivity contribution is 5.57. The van der Waals surface area contributed by atoms with Crippen molar-refractivity contribution in [2.45, 2.75) is 50.8 Å². The fourth-order valence-corrected chi connectivity index (χ4v) is 5.31. The summed E-state index contributed by atoms with van der Waals surface area (Å²) in [6.07, 6.45) is 7.97. The van der Waals surface area contributed by atoms with E-state index >= 15 is 0 Å². The van der Waals surface area contributed by atoms with Crippen molar-refractivity contribution in [2.24, 2.45) is 0 Å². The van der Waals surface area contributed by atoms with Crippen LogP contribution in [0.25, 0.3) is 0 Å². The lowest BCUT2D eigenvalue weighted by atomic mass is 10.0. The van der Waals surface area contributed by atoms with Gasteiger partial charge in [0, 0.05) is 50.2 Å². The molecule has 0 radical (unpaired) electrons. The van der Waals surface area contributed by atoms with Gasteiger partial charge in [-0.1, -0.05) is 36.4 Å². The third-order valence-electron chi connectivity index (χ3n) is 7.07. The molecule has 0 N–H and O–H groups in total. The van der Waals surface area contributed by atoms with Crippen molar-refractivity contribution in [2.75, 3.05) is 31.6 Å². The highest BCUT2D eigenvalue weighted by Gasteiger charge is 2.29. The van der Waals surface area contributed by atoms with Gasteiger partial charge in [0.05, 0.1) is 18.9 Å². The minimum atomic E-state index is 0.305. The number of ether oxygens (including phenoxy) is 2. The molecule has 2 fully saturated rings. The summed E-state index contributed by atoms with van der Waals surface area (Å²) in [6.45, 7) is 3.86. The van der Waals surface area contributed by atoms with Crippen LogP contribution in [0.15, 0.2) is 72.9 Å². The lowest BCUT2D eigenvalue weighted by Gasteiger charge is -2.43. The van der Waals surface area contributed by atoms with Crippen molar-refractivity contribution in [1.82, 2.24) is 9.88 Å². The topological polar surface area (TPSA) is 37.8 Å². The molecule has 1 aliphatic carbocycles. The van der Waals surface area contributed by atoms with E-state index in [1.165, 1.54) is 24.1 Å².